The molecule has 1 aromatic heterocycles. The number of pyridine rings is 1. The first-order valence-electron chi connectivity index (χ1n) is 3.80. The highest BCUT2D eigenvalue weighted by atomic mass is 16.1. The van der Waals surface area contributed by atoms with E-state index in [1.54, 1.807) is 19.2 Å². The molecule has 0 aliphatic heterocycles. The first kappa shape index (κ1) is 9.38. The Morgan fingerprint density at radius 2 is 2.23 bits per heavy atom. The zero-order valence-corrected chi connectivity index (χ0v) is 7.52. The van der Waals surface area contributed by atoms with Gasteiger partial charge in [-0.2, -0.15) is 0 Å². The molecule has 0 unspecified atom stereocenters. The number of Topliss-reactive ketones (excluding diaryl/α,β-unsaturated/α-hetero) is 1. The SMILES string of the molecule is CC(=O)c1ccc(N(C)C=O)nc1. The first-order chi connectivity index (χ1) is 6.15. The summed E-state index contributed by atoms with van der Waals surface area (Å²) >= 11 is 0. The van der Waals surface area contributed by atoms with Crippen LogP contribution in [-0.4, -0.2) is 24.2 Å². The third kappa shape index (κ3) is 2.11. The van der Waals surface area contributed by atoms with Gasteiger partial charge in [0.05, 0.1) is 0 Å². The summed E-state index contributed by atoms with van der Waals surface area (Å²) in [5.74, 6) is 0.493. The van der Waals surface area contributed by atoms with E-state index >= 15 is 0 Å². The Labute approximate surface area is 76.2 Å². The van der Waals surface area contributed by atoms with Crippen LogP contribution in [-0.2, 0) is 4.79 Å². The van der Waals surface area contributed by atoms with Crippen molar-refractivity contribution < 1.29 is 9.59 Å². The molecule has 0 saturated heterocycles. The second kappa shape index (κ2) is 3.80. The number of aromatic nitrogens is 1. The smallest absolute Gasteiger partial charge is 0.215 e. The summed E-state index contributed by atoms with van der Waals surface area (Å²) in [6, 6.07) is 3.27. The van der Waals surface area contributed by atoms with Gasteiger partial charge in [0, 0.05) is 18.8 Å². The Hall–Kier alpha value is -1.71. The van der Waals surface area contributed by atoms with E-state index in [2.05, 4.69) is 4.98 Å². The van der Waals surface area contributed by atoms with Gasteiger partial charge in [-0.3, -0.25) is 9.59 Å². The van der Waals surface area contributed by atoms with Gasteiger partial charge in [0.15, 0.2) is 5.78 Å². The Morgan fingerprint density at radius 3 is 2.62 bits per heavy atom. The van der Waals surface area contributed by atoms with Crippen molar-refractivity contribution in [2.75, 3.05) is 11.9 Å². The minimum atomic E-state index is -0.0344. The molecular formula is C9H10N2O2. The van der Waals surface area contributed by atoms with E-state index in [4.69, 9.17) is 0 Å². The molecule has 68 valence electrons. The van der Waals surface area contributed by atoms with Crippen LogP contribution in [0.5, 0.6) is 0 Å². The highest BCUT2D eigenvalue weighted by Gasteiger charge is 2.02. The second-order valence-electron chi connectivity index (χ2n) is 2.68. The van der Waals surface area contributed by atoms with Crippen molar-refractivity contribution in [3.63, 3.8) is 0 Å². The molecule has 0 aromatic carbocycles. The van der Waals surface area contributed by atoms with E-state index in [1.165, 1.54) is 18.0 Å². The number of anilines is 1. The Balaban J connectivity index is 2.93. The van der Waals surface area contributed by atoms with E-state index in [-0.39, 0.29) is 5.78 Å². The van der Waals surface area contributed by atoms with Gasteiger partial charge in [0.25, 0.3) is 0 Å². The zero-order chi connectivity index (χ0) is 9.84. The van der Waals surface area contributed by atoms with Gasteiger partial charge in [-0.15, -0.1) is 0 Å². The summed E-state index contributed by atoms with van der Waals surface area (Å²) in [5, 5.41) is 0. The molecule has 1 amide bonds. The van der Waals surface area contributed by atoms with E-state index in [0.29, 0.717) is 17.8 Å². The summed E-state index contributed by atoms with van der Waals surface area (Å²) in [5.41, 5.74) is 0.544. The van der Waals surface area contributed by atoms with Crippen molar-refractivity contribution in [1.29, 1.82) is 0 Å². The van der Waals surface area contributed by atoms with E-state index in [9.17, 15) is 9.59 Å². The highest BCUT2D eigenvalue weighted by Crippen LogP contribution is 2.07. The number of nitrogens with zero attached hydrogens (tertiary/aromatic N) is 2. The van der Waals surface area contributed by atoms with Crippen LogP contribution in [0.15, 0.2) is 18.3 Å². The molecule has 1 heterocycles. The van der Waals surface area contributed by atoms with Crippen LogP contribution in [0.25, 0.3) is 0 Å². The Kier molecular flexibility index (Phi) is 2.74. The molecule has 0 radical (unpaired) electrons. The minimum Gasteiger partial charge on any atom is -0.303 e. The molecule has 13 heavy (non-hydrogen) atoms. The van der Waals surface area contributed by atoms with Gasteiger partial charge in [-0.1, -0.05) is 0 Å². The van der Waals surface area contributed by atoms with Crippen LogP contribution in [0.3, 0.4) is 0 Å². The number of rotatable bonds is 3. The van der Waals surface area contributed by atoms with Gasteiger partial charge < -0.3 is 4.90 Å². The lowest BCUT2D eigenvalue weighted by Crippen LogP contribution is -2.15. The molecule has 0 aliphatic carbocycles. The van der Waals surface area contributed by atoms with Crippen molar-refractivity contribution in [3.8, 4) is 0 Å². The molecule has 4 nitrogen and oxygen atoms in total. The summed E-state index contributed by atoms with van der Waals surface area (Å²) in [7, 11) is 1.60. The first-order valence-corrected chi connectivity index (χ1v) is 3.80. The summed E-state index contributed by atoms with van der Waals surface area (Å²) in [4.78, 5) is 26.5. The highest BCUT2D eigenvalue weighted by molar-refractivity contribution is 5.94. The number of ketones is 1. The Bertz CT molecular complexity index is 319. The van der Waals surface area contributed by atoms with Crippen molar-refractivity contribution in [2.45, 2.75) is 6.92 Å². The van der Waals surface area contributed by atoms with Crippen LogP contribution >= 0.6 is 0 Å². The summed E-state index contributed by atoms with van der Waals surface area (Å²) in [6.45, 7) is 1.47. The van der Waals surface area contributed by atoms with Crippen molar-refractivity contribution in [3.05, 3.63) is 23.9 Å². The molecule has 0 atom stereocenters. The van der Waals surface area contributed by atoms with Crippen LogP contribution in [0.1, 0.15) is 17.3 Å². The average Bonchev–Trinajstić information content (AvgIpc) is 2.17. The van der Waals surface area contributed by atoms with E-state index in [1.807, 2.05) is 0 Å². The molecule has 1 aromatic rings. The average molecular weight is 178 g/mol. The van der Waals surface area contributed by atoms with E-state index < -0.39 is 0 Å². The molecule has 1 rings (SSSR count). The molecular weight excluding hydrogens is 168 g/mol. The van der Waals surface area contributed by atoms with Crippen molar-refractivity contribution in [2.24, 2.45) is 0 Å². The van der Waals surface area contributed by atoms with Gasteiger partial charge >= 0.3 is 0 Å². The second-order valence-corrected chi connectivity index (χ2v) is 2.68. The number of hydrogen-bond donors (Lipinski definition) is 0. The van der Waals surface area contributed by atoms with E-state index in [0.717, 1.165) is 0 Å². The third-order valence-electron chi connectivity index (χ3n) is 1.67. The topological polar surface area (TPSA) is 50.3 Å². The predicted octanol–water partition coefficient (Wildman–Crippen LogP) is 0.877. The maximum Gasteiger partial charge on any atom is 0.215 e. The fourth-order valence-corrected chi connectivity index (χ4v) is 0.857. The molecule has 0 bridgehead atoms. The van der Waals surface area contributed by atoms with Crippen LogP contribution < -0.4 is 4.90 Å². The number of carbonyl (C=O) groups is 2. The molecule has 0 aliphatic rings. The Morgan fingerprint density at radius 1 is 1.54 bits per heavy atom. The fourth-order valence-electron chi connectivity index (χ4n) is 0.857. The maximum absolute atomic E-state index is 10.9. The fraction of sp³-hybridized carbons (Fsp3) is 0.222. The van der Waals surface area contributed by atoms with Gasteiger partial charge in [-0.25, -0.2) is 4.98 Å². The van der Waals surface area contributed by atoms with Crippen LogP contribution in [0.4, 0.5) is 5.82 Å². The van der Waals surface area contributed by atoms with Crippen LogP contribution in [0.2, 0.25) is 0 Å². The molecule has 0 N–H and O–H groups in total. The molecule has 0 fully saturated rings. The van der Waals surface area contributed by atoms with Gasteiger partial charge in [0.1, 0.15) is 5.82 Å². The largest absolute Gasteiger partial charge is 0.303 e. The lowest BCUT2D eigenvalue weighted by Gasteiger charge is -2.08. The summed E-state index contributed by atoms with van der Waals surface area (Å²) in [6.07, 6.45) is 2.12. The zero-order valence-electron chi connectivity index (χ0n) is 7.52. The number of carbonyl (C=O) groups excluding carboxylic acids is 2. The molecule has 4 heteroatoms. The van der Waals surface area contributed by atoms with Gasteiger partial charge in [0.2, 0.25) is 6.41 Å². The maximum atomic E-state index is 10.9. The quantitative estimate of drug-likeness (QED) is 0.510. The minimum absolute atomic E-state index is 0.0344. The van der Waals surface area contributed by atoms with Crippen LogP contribution in [0, 0.1) is 0 Å². The lowest BCUT2D eigenvalue weighted by molar-refractivity contribution is -0.107. The predicted molar refractivity (Wildman–Crippen MR) is 48.7 cm³/mol. The number of hydrogen-bond acceptors (Lipinski definition) is 3. The van der Waals surface area contributed by atoms with Crippen molar-refractivity contribution >= 4 is 18.0 Å². The molecule has 0 spiro atoms. The summed E-state index contributed by atoms with van der Waals surface area (Å²) < 4.78 is 0. The lowest BCUT2D eigenvalue weighted by atomic mass is 10.2. The molecule has 0 saturated carbocycles. The standard InChI is InChI=1S/C9H10N2O2/c1-7(13)8-3-4-9(10-5-8)11(2)6-12/h3-6H,1-2H3. The normalized spacial score (nSPS) is 9.38. The monoisotopic (exact) mass is 178 g/mol. The number of amides is 1. The van der Waals surface area contributed by atoms with Gasteiger partial charge in [-0.05, 0) is 19.1 Å². The van der Waals surface area contributed by atoms with Crippen molar-refractivity contribution in [1.82, 2.24) is 4.98 Å². The third-order valence-corrected chi connectivity index (χ3v) is 1.67.